The van der Waals surface area contributed by atoms with Crippen molar-refractivity contribution in [1.29, 1.82) is 0 Å². The molecule has 0 aromatic heterocycles. The fraction of sp³-hybridized carbons (Fsp3) is 0.385. The van der Waals surface area contributed by atoms with Crippen LogP contribution in [-0.4, -0.2) is 19.7 Å². The average Bonchev–Trinajstić information content (AvgIpc) is 2.25. The summed E-state index contributed by atoms with van der Waals surface area (Å²) in [5, 5.41) is 0. The van der Waals surface area contributed by atoms with Crippen molar-refractivity contribution in [1.82, 2.24) is 0 Å². The Bertz CT molecular complexity index is 367. The van der Waals surface area contributed by atoms with Crippen molar-refractivity contribution < 1.29 is 19.3 Å². The van der Waals surface area contributed by atoms with Gasteiger partial charge in [-0.25, -0.2) is 4.79 Å². The molecule has 1 rings (SSSR count). The molecule has 0 aliphatic carbocycles. The second-order valence-electron chi connectivity index (χ2n) is 3.97. The summed E-state index contributed by atoms with van der Waals surface area (Å²) in [6.45, 7) is 5.82. The molecular formula is C13H17O4. The smallest absolute Gasteiger partial charge is 0.373 e. The molecule has 0 N–H and O–H groups in total. The Balaban J connectivity index is 2.58. The molecule has 0 unspecified atom stereocenters. The molecule has 1 aromatic carbocycles. The minimum atomic E-state index is -0.507. The van der Waals surface area contributed by atoms with E-state index in [0.717, 1.165) is 11.1 Å². The van der Waals surface area contributed by atoms with E-state index in [4.69, 9.17) is 14.5 Å². The zero-order chi connectivity index (χ0) is 12.8. The summed E-state index contributed by atoms with van der Waals surface area (Å²) in [4.78, 5) is 21.2. The summed E-state index contributed by atoms with van der Waals surface area (Å²) in [5.41, 5.74) is 2.50. The Morgan fingerprint density at radius 2 is 1.71 bits per heavy atom. The lowest BCUT2D eigenvalue weighted by Gasteiger charge is -2.09. The van der Waals surface area contributed by atoms with Crippen molar-refractivity contribution in [3.05, 3.63) is 41.0 Å². The van der Waals surface area contributed by atoms with Crippen LogP contribution in [0.5, 0.6) is 0 Å². The van der Waals surface area contributed by atoms with Crippen molar-refractivity contribution in [2.75, 3.05) is 13.7 Å². The lowest BCUT2D eigenvalue weighted by atomic mass is 10.1. The minimum absolute atomic E-state index is 0.292. The van der Waals surface area contributed by atoms with Crippen molar-refractivity contribution >= 4 is 5.97 Å². The molecule has 0 bridgehead atoms. The van der Waals surface area contributed by atoms with Gasteiger partial charge in [0.25, 0.3) is 0 Å². The predicted octanol–water partition coefficient (Wildman–Crippen LogP) is 2.59. The number of hydrogen-bond donors (Lipinski definition) is 0. The van der Waals surface area contributed by atoms with Crippen LogP contribution in [0.4, 0.5) is 0 Å². The topological polar surface area (TPSA) is 44.8 Å². The maximum Gasteiger partial charge on any atom is 0.373 e. The number of methoxy groups -OCH3 is 1. The van der Waals surface area contributed by atoms with Gasteiger partial charge in [0.05, 0.1) is 12.2 Å². The Morgan fingerprint density at radius 3 is 2.24 bits per heavy atom. The van der Waals surface area contributed by atoms with Crippen LogP contribution in [-0.2, 0) is 14.5 Å². The number of aryl methyl sites for hydroxylation is 2. The second kappa shape index (κ2) is 6.37. The van der Waals surface area contributed by atoms with E-state index in [1.54, 1.807) is 26.2 Å². The van der Waals surface area contributed by atoms with Crippen molar-refractivity contribution in [3.8, 4) is 0 Å². The average molecular weight is 237 g/mol. The molecule has 0 atom stereocenters. The second-order valence-corrected chi connectivity index (χ2v) is 3.97. The van der Waals surface area contributed by atoms with Crippen LogP contribution >= 0.6 is 0 Å². The summed E-state index contributed by atoms with van der Waals surface area (Å²) in [6, 6.07) is 5.49. The van der Waals surface area contributed by atoms with Gasteiger partial charge in [-0.2, -0.15) is 4.89 Å². The van der Waals surface area contributed by atoms with Crippen LogP contribution in [0.2, 0.25) is 0 Å². The van der Waals surface area contributed by atoms with Crippen LogP contribution in [0.25, 0.3) is 0 Å². The molecule has 4 heteroatoms. The summed E-state index contributed by atoms with van der Waals surface area (Å²) in [5.74, 6) is -0.507. The van der Waals surface area contributed by atoms with Gasteiger partial charge in [0.1, 0.15) is 0 Å². The first-order valence-corrected chi connectivity index (χ1v) is 5.31. The first kappa shape index (κ1) is 13.7. The number of carbonyl (C=O) groups is 1. The summed E-state index contributed by atoms with van der Waals surface area (Å²) in [6.07, 6.45) is 0.491. The summed E-state index contributed by atoms with van der Waals surface area (Å²) >= 11 is 0. The highest BCUT2D eigenvalue weighted by atomic mass is 17.2. The van der Waals surface area contributed by atoms with Crippen LogP contribution in [0.3, 0.4) is 0 Å². The van der Waals surface area contributed by atoms with Crippen LogP contribution in [0, 0.1) is 20.0 Å². The van der Waals surface area contributed by atoms with E-state index in [1.165, 1.54) is 0 Å². The van der Waals surface area contributed by atoms with Crippen LogP contribution < -0.4 is 0 Å². The molecule has 0 fully saturated rings. The highest BCUT2D eigenvalue weighted by molar-refractivity contribution is 5.89. The van der Waals surface area contributed by atoms with E-state index < -0.39 is 5.97 Å². The maximum atomic E-state index is 11.7. The van der Waals surface area contributed by atoms with Crippen LogP contribution in [0.1, 0.15) is 28.4 Å². The Morgan fingerprint density at radius 1 is 1.12 bits per heavy atom. The maximum absolute atomic E-state index is 11.7. The van der Waals surface area contributed by atoms with Gasteiger partial charge in [-0.15, -0.1) is 0 Å². The van der Waals surface area contributed by atoms with Gasteiger partial charge < -0.3 is 4.74 Å². The van der Waals surface area contributed by atoms with Crippen molar-refractivity contribution in [2.45, 2.75) is 20.8 Å². The largest absolute Gasteiger partial charge is 0.381 e. The Hall–Kier alpha value is -1.39. The molecule has 1 aromatic rings. The molecule has 0 aliphatic rings. The molecule has 0 heterocycles. The van der Waals surface area contributed by atoms with Gasteiger partial charge in [0.15, 0.2) is 6.10 Å². The third-order valence-corrected chi connectivity index (χ3v) is 2.06. The molecule has 0 saturated carbocycles. The van der Waals surface area contributed by atoms with E-state index in [9.17, 15) is 4.79 Å². The van der Waals surface area contributed by atoms with E-state index >= 15 is 0 Å². The Labute approximate surface area is 101 Å². The molecule has 0 amide bonds. The monoisotopic (exact) mass is 237 g/mol. The molecule has 1 radical (unpaired) electrons. The standard InChI is InChI=1S/C13H17O4/c1-9-5-10(2)7-12(6-9)13(14)17-16-11(3)8-15-4/h5-7H,8H2,1-4H3. The van der Waals surface area contributed by atoms with Gasteiger partial charge in [0.2, 0.25) is 0 Å². The molecule has 0 aliphatic heterocycles. The molecule has 0 spiro atoms. The summed E-state index contributed by atoms with van der Waals surface area (Å²) < 4.78 is 4.83. The van der Waals surface area contributed by atoms with E-state index in [2.05, 4.69) is 0 Å². The van der Waals surface area contributed by atoms with Gasteiger partial charge in [-0.1, -0.05) is 17.2 Å². The number of carbonyl (C=O) groups excluding carboxylic acids is 1. The Kier molecular flexibility index (Phi) is 5.12. The van der Waals surface area contributed by atoms with Gasteiger partial charge in [-0.3, -0.25) is 4.89 Å². The normalized spacial score (nSPS) is 10.6. The third kappa shape index (κ3) is 4.54. The molecular weight excluding hydrogens is 220 g/mol. The number of ether oxygens (including phenoxy) is 1. The van der Waals surface area contributed by atoms with Crippen LogP contribution in [0.15, 0.2) is 18.2 Å². The zero-order valence-electron chi connectivity index (χ0n) is 10.6. The summed E-state index contributed by atoms with van der Waals surface area (Å²) in [7, 11) is 1.54. The quantitative estimate of drug-likeness (QED) is 0.583. The van der Waals surface area contributed by atoms with Gasteiger partial charge >= 0.3 is 5.97 Å². The molecule has 0 saturated heterocycles. The SMILES string of the molecule is COC[C](C)OOC(=O)c1cc(C)cc(C)c1. The lowest BCUT2D eigenvalue weighted by molar-refractivity contribution is -0.237. The fourth-order valence-corrected chi connectivity index (χ4v) is 1.48. The predicted molar refractivity (Wildman–Crippen MR) is 63.2 cm³/mol. The molecule has 4 nitrogen and oxygen atoms in total. The number of hydrogen-bond acceptors (Lipinski definition) is 4. The third-order valence-electron chi connectivity index (χ3n) is 2.06. The van der Waals surface area contributed by atoms with E-state index in [1.807, 2.05) is 19.9 Å². The molecule has 17 heavy (non-hydrogen) atoms. The first-order chi connectivity index (χ1) is 8.02. The number of rotatable bonds is 5. The van der Waals surface area contributed by atoms with E-state index in [0.29, 0.717) is 18.3 Å². The van der Waals surface area contributed by atoms with Gasteiger partial charge in [-0.05, 0) is 32.9 Å². The highest BCUT2D eigenvalue weighted by Crippen LogP contribution is 2.11. The molecule has 93 valence electrons. The lowest BCUT2D eigenvalue weighted by Crippen LogP contribution is -2.12. The minimum Gasteiger partial charge on any atom is -0.381 e. The van der Waals surface area contributed by atoms with Gasteiger partial charge in [0, 0.05) is 7.11 Å². The fourth-order valence-electron chi connectivity index (χ4n) is 1.48. The highest BCUT2D eigenvalue weighted by Gasteiger charge is 2.12. The van der Waals surface area contributed by atoms with E-state index in [-0.39, 0.29) is 0 Å². The van der Waals surface area contributed by atoms with Crippen molar-refractivity contribution in [3.63, 3.8) is 0 Å². The van der Waals surface area contributed by atoms with Crippen molar-refractivity contribution in [2.24, 2.45) is 0 Å². The number of benzene rings is 1. The first-order valence-electron chi connectivity index (χ1n) is 5.31. The zero-order valence-corrected chi connectivity index (χ0v) is 10.6.